The first-order chi connectivity index (χ1) is 11.2. The Labute approximate surface area is 139 Å². The summed E-state index contributed by atoms with van der Waals surface area (Å²) in [6, 6.07) is 8.89. The summed E-state index contributed by atoms with van der Waals surface area (Å²) in [5.41, 5.74) is 0.555. The van der Waals surface area contributed by atoms with E-state index in [0.717, 1.165) is 19.3 Å². The molecule has 1 aromatic carbocycles. The number of carbonyl (C=O) groups is 3. The van der Waals surface area contributed by atoms with Crippen molar-refractivity contribution < 1.29 is 14.4 Å². The Morgan fingerprint density at radius 1 is 0.957 bits per heavy atom. The Kier molecular flexibility index (Phi) is 9.85. The van der Waals surface area contributed by atoms with Gasteiger partial charge in [0.25, 0.3) is 0 Å². The average Bonchev–Trinajstić information content (AvgIpc) is 2.58. The summed E-state index contributed by atoms with van der Waals surface area (Å²) >= 11 is 0. The molecule has 3 nitrogen and oxygen atoms in total. The number of benzene rings is 1. The largest absolute Gasteiger partial charge is 0.303 e. The molecule has 0 radical (unpaired) electrons. The highest BCUT2D eigenvalue weighted by Crippen LogP contribution is 2.19. The number of unbranched alkanes of at least 4 members (excludes halogenated alkanes) is 6. The predicted octanol–water partition coefficient (Wildman–Crippen LogP) is 4.78. The molecule has 23 heavy (non-hydrogen) atoms. The van der Waals surface area contributed by atoms with E-state index >= 15 is 0 Å². The third kappa shape index (κ3) is 7.36. The standard InChI is InChI=1S/C20H28O3/c1-2-3-4-5-6-7-11-14-18(19(22)15-16-21)20(23)17-12-9-8-10-13-17/h8-10,12-13,16,18H,2-7,11,14-15H2,1H3. The maximum atomic E-state index is 12.5. The van der Waals surface area contributed by atoms with Crippen molar-refractivity contribution in [3.05, 3.63) is 35.9 Å². The highest BCUT2D eigenvalue weighted by molar-refractivity contribution is 6.12. The molecule has 0 spiro atoms. The van der Waals surface area contributed by atoms with Crippen molar-refractivity contribution in [2.24, 2.45) is 5.92 Å². The van der Waals surface area contributed by atoms with Gasteiger partial charge in [0, 0.05) is 5.56 Å². The second-order valence-corrected chi connectivity index (χ2v) is 6.03. The monoisotopic (exact) mass is 316 g/mol. The first-order valence-electron chi connectivity index (χ1n) is 8.76. The Morgan fingerprint density at radius 3 is 2.17 bits per heavy atom. The van der Waals surface area contributed by atoms with Gasteiger partial charge in [0.2, 0.25) is 0 Å². The number of hydrogen-bond donors (Lipinski definition) is 0. The van der Waals surface area contributed by atoms with E-state index in [9.17, 15) is 14.4 Å². The molecular formula is C20H28O3. The number of hydrogen-bond acceptors (Lipinski definition) is 3. The summed E-state index contributed by atoms with van der Waals surface area (Å²) in [6.45, 7) is 2.19. The zero-order chi connectivity index (χ0) is 16.9. The molecular weight excluding hydrogens is 288 g/mol. The summed E-state index contributed by atoms with van der Waals surface area (Å²) in [4.78, 5) is 35.3. The fourth-order valence-corrected chi connectivity index (χ4v) is 2.77. The van der Waals surface area contributed by atoms with Gasteiger partial charge in [-0.25, -0.2) is 0 Å². The zero-order valence-electron chi connectivity index (χ0n) is 14.1. The van der Waals surface area contributed by atoms with Crippen LogP contribution in [0.5, 0.6) is 0 Å². The minimum absolute atomic E-state index is 0.150. The lowest BCUT2D eigenvalue weighted by molar-refractivity contribution is -0.124. The molecule has 0 saturated heterocycles. The molecule has 0 fully saturated rings. The molecule has 0 N–H and O–H groups in total. The van der Waals surface area contributed by atoms with E-state index in [-0.39, 0.29) is 18.0 Å². The van der Waals surface area contributed by atoms with Crippen molar-refractivity contribution in [2.45, 2.75) is 64.7 Å². The van der Waals surface area contributed by atoms with Crippen LogP contribution < -0.4 is 0 Å². The number of carbonyl (C=O) groups excluding carboxylic acids is 3. The van der Waals surface area contributed by atoms with E-state index in [2.05, 4.69) is 6.92 Å². The highest BCUT2D eigenvalue weighted by Gasteiger charge is 2.26. The zero-order valence-corrected chi connectivity index (χ0v) is 14.1. The Balaban J connectivity index is 2.51. The van der Waals surface area contributed by atoms with Crippen molar-refractivity contribution in [2.75, 3.05) is 0 Å². The summed E-state index contributed by atoms with van der Waals surface area (Å²) in [6.07, 6.45) is 9.00. The fourth-order valence-electron chi connectivity index (χ4n) is 2.77. The minimum atomic E-state index is -0.668. The van der Waals surface area contributed by atoms with Gasteiger partial charge in [0.05, 0.1) is 12.3 Å². The summed E-state index contributed by atoms with van der Waals surface area (Å²) in [5, 5.41) is 0. The molecule has 0 heterocycles. The van der Waals surface area contributed by atoms with Gasteiger partial charge >= 0.3 is 0 Å². The minimum Gasteiger partial charge on any atom is -0.303 e. The van der Waals surface area contributed by atoms with Crippen molar-refractivity contribution in [3.63, 3.8) is 0 Å². The van der Waals surface area contributed by atoms with Crippen LogP contribution in [0, 0.1) is 5.92 Å². The van der Waals surface area contributed by atoms with E-state index in [4.69, 9.17) is 0 Å². The van der Waals surface area contributed by atoms with Crippen LogP contribution in [0.25, 0.3) is 0 Å². The van der Waals surface area contributed by atoms with Gasteiger partial charge in [-0.15, -0.1) is 0 Å². The van der Waals surface area contributed by atoms with Crippen LogP contribution in [0.15, 0.2) is 30.3 Å². The number of ketones is 2. The first kappa shape index (κ1) is 19.3. The van der Waals surface area contributed by atoms with E-state index in [0.29, 0.717) is 18.3 Å². The van der Waals surface area contributed by atoms with E-state index < -0.39 is 5.92 Å². The Hall–Kier alpha value is -1.77. The lowest BCUT2D eigenvalue weighted by Gasteiger charge is -2.13. The highest BCUT2D eigenvalue weighted by atomic mass is 16.2. The quantitative estimate of drug-likeness (QED) is 0.228. The third-order valence-corrected chi connectivity index (χ3v) is 4.14. The maximum absolute atomic E-state index is 12.5. The van der Waals surface area contributed by atoms with Gasteiger partial charge in [0.15, 0.2) is 11.6 Å². The predicted molar refractivity (Wildman–Crippen MR) is 92.6 cm³/mol. The maximum Gasteiger partial charge on any atom is 0.173 e. The molecule has 0 bridgehead atoms. The summed E-state index contributed by atoms with van der Waals surface area (Å²) in [7, 11) is 0. The molecule has 0 aliphatic heterocycles. The van der Waals surface area contributed by atoms with Crippen molar-refractivity contribution in [3.8, 4) is 0 Å². The second-order valence-electron chi connectivity index (χ2n) is 6.03. The molecule has 1 rings (SSSR count). The molecule has 1 atom stereocenters. The van der Waals surface area contributed by atoms with Crippen LogP contribution in [-0.2, 0) is 9.59 Å². The van der Waals surface area contributed by atoms with Gasteiger partial charge in [-0.1, -0.05) is 82.2 Å². The van der Waals surface area contributed by atoms with Gasteiger partial charge in [-0.3, -0.25) is 9.59 Å². The molecule has 1 aromatic rings. The number of aldehydes is 1. The number of Topliss-reactive ketones (excluding diaryl/α,β-unsaturated/α-hetero) is 2. The van der Waals surface area contributed by atoms with Crippen molar-refractivity contribution in [1.82, 2.24) is 0 Å². The average molecular weight is 316 g/mol. The normalized spacial score (nSPS) is 11.9. The van der Waals surface area contributed by atoms with Crippen molar-refractivity contribution >= 4 is 17.9 Å². The third-order valence-electron chi connectivity index (χ3n) is 4.14. The Morgan fingerprint density at radius 2 is 1.57 bits per heavy atom. The van der Waals surface area contributed by atoms with Crippen LogP contribution in [0.2, 0.25) is 0 Å². The van der Waals surface area contributed by atoms with E-state index in [1.54, 1.807) is 24.3 Å². The van der Waals surface area contributed by atoms with E-state index in [1.807, 2.05) is 6.07 Å². The van der Waals surface area contributed by atoms with Crippen LogP contribution in [0.1, 0.15) is 75.1 Å². The SMILES string of the molecule is CCCCCCCCCC(C(=O)CC=O)C(=O)c1ccccc1. The molecule has 3 heteroatoms. The molecule has 0 aromatic heterocycles. The topological polar surface area (TPSA) is 51.2 Å². The first-order valence-corrected chi connectivity index (χ1v) is 8.76. The summed E-state index contributed by atoms with van der Waals surface area (Å²) in [5.74, 6) is -1.07. The fraction of sp³-hybridized carbons (Fsp3) is 0.550. The van der Waals surface area contributed by atoms with Gasteiger partial charge < -0.3 is 4.79 Å². The summed E-state index contributed by atoms with van der Waals surface area (Å²) < 4.78 is 0. The van der Waals surface area contributed by atoms with Crippen molar-refractivity contribution in [1.29, 1.82) is 0 Å². The van der Waals surface area contributed by atoms with Gasteiger partial charge in [0.1, 0.15) is 6.29 Å². The number of rotatable bonds is 13. The lowest BCUT2D eigenvalue weighted by Crippen LogP contribution is -2.24. The molecule has 0 aliphatic rings. The van der Waals surface area contributed by atoms with Crippen LogP contribution in [0.4, 0.5) is 0 Å². The lowest BCUT2D eigenvalue weighted by atomic mass is 9.87. The molecule has 0 amide bonds. The molecule has 0 aliphatic carbocycles. The Bertz CT molecular complexity index is 479. The molecule has 1 unspecified atom stereocenters. The second kappa shape index (κ2) is 11.8. The van der Waals surface area contributed by atoms with Gasteiger partial charge in [-0.05, 0) is 6.42 Å². The van der Waals surface area contributed by atoms with Gasteiger partial charge in [-0.2, -0.15) is 0 Å². The molecule has 126 valence electrons. The molecule has 0 saturated carbocycles. The van der Waals surface area contributed by atoms with Crippen LogP contribution in [-0.4, -0.2) is 17.9 Å². The van der Waals surface area contributed by atoms with Crippen LogP contribution in [0.3, 0.4) is 0 Å². The smallest absolute Gasteiger partial charge is 0.173 e. The van der Waals surface area contributed by atoms with Crippen LogP contribution >= 0.6 is 0 Å². The van der Waals surface area contributed by atoms with E-state index in [1.165, 1.54) is 25.7 Å².